The number of benzene rings is 2. The first kappa shape index (κ1) is 21.0. The molecule has 0 saturated carbocycles. The number of carbonyl (C=O) groups is 2. The number of nitrogens with one attached hydrogen (secondary N) is 1. The van der Waals surface area contributed by atoms with Gasteiger partial charge in [-0.15, -0.1) is 0 Å². The van der Waals surface area contributed by atoms with Gasteiger partial charge >= 0.3 is 0 Å². The minimum absolute atomic E-state index is 0.0373. The number of ketones is 1. The molecule has 6 nitrogen and oxygen atoms in total. The molecule has 152 valence electrons. The summed E-state index contributed by atoms with van der Waals surface area (Å²) in [6, 6.07) is 15.0. The number of halogens is 1. The summed E-state index contributed by atoms with van der Waals surface area (Å²) in [5.74, 6) is -1.54. The largest absolute Gasteiger partial charge is 0.507 e. The predicted molar refractivity (Wildman–Crippen MR) is 111 cm³/mol. The van der Waals surface area contributed by atoms with Gasteiger partial charge in [-0.3, -0.25) is 9.59 Å². The average Bonchev–Trinajstić information content (AvgIpc) is 2.99. The van der Waals surface area contributed by atoms with Crippen molar-refractivity contribution in [2.45, 2.75) is 12.5 Å². The highest BCUT2D eigenvalue weighted by Crippen LogP contribution is 2.39. The summed E-state index contributed by atoms with van der Waals surface area (Å²) < 4.78 is 0. The summed E-state index contributed by atoms with van der Waals surface area (Å²) in [4.78, 5) is 27.1. The van der Waals surface area contributed by atoms with Crippen LogP contribution in [0.2, 0.25) is 5.02 Å². The summed E-state index contributed by atoms with van der Waals surface area (Å²) in [6.07, 6.45) is 0.608. The van der Waals surface area contributed by atoms with Crippen molar-refractivity contribution in [2.24, 2.45) is 0 Å². The number of aliphatic hydroxyl groups excluding tert-OH is 2. The van der Waals surface area contributed by atoms with Crippen molar-refractivity contribution in [1.29, 1.82) is 0 Å². The van der Waals surface area contributed by atoms with Crippen molar-refractivity contribution in [2.75, 3.05) is 26.2 Å². The molecule has 3 rings (SSSR count). The van der Waals surface area contributed by atoms with E-state index in [-0.39, 0.29) is 17.9 Å². The molecule has 1 heterocycles. The zero-order chi connectivity index (χ0) is 20.8. The number of rotatable bonds is 8. The van der Waals surface area contributed by atoms with Gasteiger partial charge in [0.2, 0.25) is 0 Å². The molecule has 1 saturated heterocycles. The van der Waals surface area contributed by atoms with Crippen molar-refractivity contribution in [1.82, 2.24) is 10.2 Å². The quantitative estimate of drug-likeness (QED) is 0.267. The molecule has 0 aliphatic carbocycles. The van der Waals surface area contributed by atoms with Crippen LogP contribution in [0.15, 0.2) is 60.2 Å². The molecule has 7 heteroatoms. The molecule has 0 aromatic heterocycles. The van der Waals surface area contributed by atoms with Crippen LogP contribution in [-0.4, -0.2) is 53.0 Å². The van der Waals surface area contributed by atoms with E-state index < -0.39 is 17.7 Å². The standard InChI is InChI=1S/C22H23ClN2O4/c23-17-9-7-16(8-10-17)20(27)18-19(15-5-2-1-3-6-15)25(22(29)21(18)28)13-4-11-24-12-14-26/h1-3,5-10,19,24,26-27H,4,11-14H2/t19-/m0/s1. The van der Waals surface area contributed by atoms with Crippen LogP contribution in [0.1, 0.15) is 23.6 Å². The SMILES string of the molecule is O=C1C(=O)N(CCCNCCO)[C@@H](c2ccccc2)C1=C(O)c1ccc(Cl)cc1. The molecule has 2 aromatic rings. The highest BCUT2D eigenvalue weighted by atomic mass is 35.5. The molecule has 0 bridgehead atoms. The number of hydrogen-bond donors (Lipinski definition) is 3. The lowest BCUT2D eigenvalue weighted by Gasteiger charge is -2.25. The summed E-state index contributed by atoms with van der Waals surface area (Å²) >= 11 is 5.92. The summed E-state index contributed by atoms with van der Waals surface area (Å²) in [5, 5.41) is 23.3. The van der Waals surface area contributed by atoms with Crippen LogP contribution in [0.5, 0.6) is 0 Å². The van der Waals surface area contributed by atoms with E-state index in [9.17, 15) is 14.7 Å². The van der Waals surface area contributed by atoms with Gasteiger partial charge in [-0.2, -0.15) is 0 Å². The number of likely N-dealkylation sites (tertiary alicyclic amines) is 1. The minimum Gasteiger partial charge on any atom is -0.507 e. The molecule has 0 radical (unpaired) electrons. The van der Waals surface area contributed by atoms with Gasteiger partial charge < -0.3 is 20.4 Å². The van der Waals surface area contributed by atoms with Crippen molar-refractivity contribution >= 4 is 29.1 Å². The van der Waals surface area contributed by atoms with Crippen LogP contribution in [0.4, 0.5) is 0 Å². The van der Waals surface area contributed by atoms with E-state index in [2.05, 4.69) is 5.32 Å². The first-order chi connectivity index (χ1) is 14.0. The highest BCUT2D eigenvalue weighted by molar-refractivity contribution is 6.46. The number of amides is 1. The Morgan fingerprint density at radius 1 is 1.03 bits per heavy atom. The fourth-order valence-corrected chi connectivity index (χ4v) is 3.56. The van der Waals surface area contributed by atoms with E-state index in [1.807, 2.05) is 30.3 Å². The number of Topliss-reactive ketones (excluding diaryl/α,β-unsaturated/α-hetero) is 1. The van der Waals surface area contributed by atoms with Gasteiger partial charge in [-0.1, -0.05) is 41.9 Å². The maximum atomic E-state index is 12.8. The second-order valence-electron chi connectivity index (χ2n) is 6.74. The third-order valence-corrected chi connectivity index (χ3v) is 5.07. The smallest absolute Gasteiger partial charge is 0.295 e. The summed E-state index contributed by atoms with van der Waals surface area (Å²) in [6.45, 7) is 1.45. The van der Waals surface area contributed by atoms with Crippen molar-refractivity contribution < 1.29 is 19.8 Å². The molecule has 1 aliphatic rings. The normalized spacial score (nSPS) is 18.4. The Labute approximate surface area is 174 Å². The van der Waals surface area contributed by atoms with E-state index >= 15 is 0 Å². The minimum atomic E-state index is -0.699. The number of carbonyl (C=O) groups excluding carboxylic acids is 2. The van der Waals surface area contributed by atoms with Crippen LogP contribution < -0.4 is 5.32 Å². The molecule has 1 amide bonds. The van der Waals surface area contributed by atoms with Crippen molar-refractivity contribution in [3.05, 3.63) is 76.3 Å². The fourth-order valence-electron chi connectivity index (χ4n) is 3.43. The van der Waals surface area contributed by atoms with E-state index in [4.69, 9.17) is 16.7 Å². The van der Waals surface area contributed by atoms with Crippen LogP contribution in [0.25, 0.3) is 5.76 Å². The zero-order valence-corrected chi connectivity index (χ0v) is 16.6. The van der Waals surface area contributed by atoms with Crippen LogP contribution in [0.3, 0.4) is 0 Å². The molecular formula is C22H23ClN2O4. The highest BCUT2D eigenvalue weighted by Gasteiger charge is 2.45. The lowest BCUT2D eigenvalue weighted by atomic mass is 9.95. The number of aliphatic hydroxyl groups is 2. The monoisotopic (exact) mass is 414 g/mol. The van der Waals surface area contributed by atoms with Gasteiger partial charge in [-0.25, -0.2) is 0 Å². The van der Waals surface area contributed by atoms with Gasteiger partial charge in [0.25, 0.3) is 11.7 Å². The first-order valence-electron chi connectivity index (χ1n) is 9.45. The number of hydrogen-bond acceptors (Lipinski definition) is 5. The Kier molecular flexibility index (Phi) is 7.04. The molecule has 2 aromatic carbocycles. The van der Waals surface area contributed by atoms with Gasteiger partial charge in [0.1, 0.15) is 5.76 Å². The molecule has 1 aliphatic heterocycles. The first-order valence-corrected chi connectivity index (χ1v) is 9.83. The van der Waals surface area contributed by atoms with E-state index in [0.717, 1.165) is 5.56 Å². The topological polar surface area (TPSA) is 89.9 Å². The Hall–Kier alpha value is -2.67. The molecule has 3 N–H and O–H groups in total. The lowest BCUT2D eigenvalue weighted by Crippen LogP contribution is -2.32. The van der Waals surface area contributed by atoms with E-state index in [0.29, 0.717) is 36.6 Å². The molecule has 29 heavy (non-hydrogen) atoms. The third kappa shape index (κ3) is 4.67. The second kappa shape index (κ2) is 9.69. The summed E-state index contributed by atoms with van der Waals surface area (Å²) in [5.41, 5.74) is 1.26. The Bertz CT molecular complexity index is 897. The van der Waals surface area contributed by atoms with Gasteiger partial charge in [0.15, 0.2) is 0 Å². The Morgan fingerprint density at radius 3 is 2.38 bits per heavy atom. The van der Waals surface area contributed by atoms with E-state index in [1.54, 1.807) is 24.3 Å². The van der Waals surface area contributed by atoms with Crippen LogP contribution in [-0.2, 0) is 9.59 Å². The van der Waals surface area contributed by atoms with Gasteiger partial charge in [-0.05, 0) is 42.8 Å². The van der Waals surface area contributed by atoms with Crippen LogP contribution >= 0.6 is 11.6 Å². The Balaban J connectivity index is 1.97. The summed E-state index contributed by atoms with van der Waals surface area (Å²) in [7, 11) is 0. The second-order valence-corrected chi connectivity index (χ2v) is 7.17. The maximum absolute atomic E-state index is 12.8. The predicted octanol–water partition coefficient (Wildman–Crippen LogP) is 2.73. The Morgan fingerprint density at radius 2 is 1.72 bits per heavy atom. The van der Waals surface area contributed by atoms with Crippen molar-refractivity contribution in [3.8, 4) is 0 Å². The third-order valence-electron chi connectivity index (χ3n) is 4.81. The van der Waals surface area contributed by atoms with Crippen molar-refractivity contribution in [3.63, 3.8) is 0 Å². The van der Waals surface area contributed by atoms with Gasteiger partial charge in [0.05, 0.1) is 18.2 Å². The maximum Gasteiger partial charge on any atom is 0.295 e. The molecule has 0 unspecified atom stereocenters. The molecule has 1 fully saturated rings. The molecule has 0 spiro atoms. The average molecular weight is 415 g/mol. The number of nitrogens with zero attached hydrogens (tertiary/aromatic N) is 1. The van der Waals surface area contributed by atoms with Gasteiger partial charge in [0, 0.05) is 23.7 Å². The van der Waals surface area contributed by atoms with E-state index in [1.165, 1.54) is 4.90 Å². The molecule has 1 atom stereocenters. The zero-order valence-electron chi connectivity index (χ0n) is 15.8. The molecular weight excluding hydrogens is 392 g/mol. The van der Waals surface area contributed by atoms with Crippen LogP contribution in [0, 0.1) is 0 Å². The fraction of sp³-hybridized carbons (Fsp3) is 0.273. The lowest BCUT2D eigenvalue weighted by molar-refractivity contribution is -0.139.